The largest absolute Gasteiger partial charge is 0.508 e. The van der Waals surface area contributed by atoms with Crippen LogP contribution in [0.4, 0.5) is 22.7 Å². The minimum absolute atomic E-state index is 0.000333. The highest BCUT2D eigenvalue weighted by Crippen LogP contribution is 2.42. The van der Waals surface area contributed by atoms with Crippen LogP contribution in [0.5, 0.6) is 5.75 Å². The van der Waals surface area contributed by atoms with Crippen molar-refractivity contribution in [3.63, 3.8) is 0 Å². The van der Waals surface area contributed by atoms with Crippen LogP contribution < -0.4 is 21.3 Å². The van der Waals surface area contributed by atoms with E-state index in [2.05, 4.69) is 69.6 Å². The minimum atomic E-state index is -0.000333. The normalized spacial score (nSPS) is 22.3. The molecule has 6 rings (SSSR count). The zero-order valence-corrected chi connectivity index (χ0v) is 18.2. The third-order valence-corrected chi connectivity index (χ3v) is 7.04. The Labute approximate surface area is 188 Å². The molecular weight excluding hydrogens is 398 g/mol. The van der Waals surface area contributed by atoms with Crippen molar-refractivity contribution in [1.82, 2.24) is 4.90 Å². The monoisotopic (exact) mass is 427 g/mol. The minimum Gasteiger partial charge on any atom is -0.508 e. The fourth-order valence-corrected chi connectivity index (χ4v) is 5.08. The average molecular weight is 428 g/mol. The van der Waals surface area contributed by atoms with Crippen LogP contribution in [-0.2, 0) is 0 Å². The fourth-order valence-electron chi connectivity index (χ4n) is 5.08. The summed E-state index contributed by atoms with van der Waals surface area (Å²) in [5.41, 5.74) is 8.27. The number of piperidine rings is 1. The molecule has 2 atom stereocenters. The average Bonchev–Trinajstić information content (AvgIpc) is 3.43. The number of hydrogen-bond acceptors (Lipinski definition) is 6. The summed E-state index contributed by atoms with van der Waals surface area (Å²) in [4.78, 5) is 2.42. The lowest BCUT2D eigenvalue weighted by Gasteiger charge is -2.29. The van der Waals surface area contributed by atoms with E-state index in [1.165, 1.54) is 48.4 Å². The maximum absolute atomic E-state index is 9.55. The molecule has 2 unspecified atom stereocenters. The van der Waals surface area contributed by atoms with Gasteiger partial charge in [-0.15, -0.1) is 0 Å². The number of fused-ring (bicyclic) bond motifs is 2. The number of phenolic OH excluding ortho intramolecular Hbond substituents is 1. The van der Waals surface area contributed by atoms with Gasteiger partial charge in [0, 0.05) is 0 Å². The van der Waals surface area contributed by atoms with E-state index in [-0.39, 0.29) is 18.1 Å². The molecule has 0 aliphatic carbocycles. The predicted octanol–water partition coefficient (Wildman–Crippen LogP) is 5.27. The summed E-state index contributed by atoms with van der Waals surface area (Å²) >= 11 is 0. The van der Waals surface area contributed by atoms with E-state index in [1.807, 2.05) is 12.1 Å². The number of rotatable bonds is 3. The van der Waals surface area contributed by atoms with Crippen molar-refractivity contribution in [3.8, 4) is 5.75 Å². The number of nitrogens with zero attached hydrogens (tertiary/aromatic N) is 1. The Morgan fingerprint density at radius 3 is 1.81 bits per heavy atom. The molecule has 0 radical (unpaired) electrons. The highest BCUT2D eigenvalue weighted by atomic mass is 16.3. The van der Waals surface area contributed by atoms with Crippen LogP contribution >= 0.6 is 0 Å². The molecule has 3 aliphatic rings. The summed E-state index contributed by atoms with van der Waals surface area (Å²) in [6.45, 7) is 2.36. The van der Waals surface area contributed by atoms with E-state index in [0.717, 1.165) is 16.9 Å². The van der Waals surface area contributed by atoms with Crippen molar-refractivity contribution in [3.05, 3.63) is 77.4 Å². The van der Waals surface area contributed by atoms with E-state index in [4.69, 9.17) is 0 Å². The van der Waals surface area contributed by atoms with E-state index >= 15 is 0 Å². The lowest BCUT2D eigenvalue weighted by molar-refractivity contribution is 0.255. The summed E-state index contributed by atoms with van der Waals surface area (Å²) < 4.78 is 0. The summed E-state index contributed by atoms with van der Waals surface area (Å²) in [6.07, 6.45) is 2.52. The van der Waals surface area contributed by atoms with Gasteiger partial charge in [-0.05, 0) is 92.0 Å². The Balaban J connectivity index is 1.17. The van der Waals surface area contributed by atoms with Gasteiger partial charge in [-0.2, -0.15) is 0 Å². The Morgan fingerprint density at radius 2 is 1.16 bits per heavy atom. The Bertz CT molecular complexity index is 1140. The fraction of sp³-hybridized carbons (Fsp3) is 0.308. The summed E-state index contributed by atoms with van der Waals surface area (Å²) in [6, 6.07) is 20.7. The van der Waals surface area contributed by atoms with E-state index in [9.17, 15) is 5.11 Å². The molecule has 1 saturated heterocycles. The molecule has 164 valence electrons. The van der Waals surface area contributed by atoms with Crippen molar-refractivity contribution >= 4 is 22.7 Å². The van der Waals surface area contributed by atoms with Gasteiger partial charge in [0.1, 0.15) is 18.1 Å². The molecule has 0 spiro atoms. The Kier molecular flexibility index (Phi) is 4.61. The van der Waals surface area contributed by atoms with E-state index in [0.29, 0.717) is 5.92 Å². The quantitative estimate of drug-likeness (QED) is 0.392. The molecule has 0 saturated carbocycles. The Hall–Kier alpha value is -3.38. The van der Waals surface area contributed by atoms with Gasteiger partial charge in [-0.1, -0.05) is 24.3 Å². The molecular formula is C26H29N5O. The molecule has 3 heterocycles. The Morgan fingerprint density at radius 1 is 0.656 bits per heavy atom. The molecule has 1 fully saturated rings. The summed E-state index contributed by atoms with van der Waals surface area (Å²) in [7, 11) is 2.21. The first-order chi connectivity index (χ1) is 15.6. The lowest BCUT2D eigenvalue weighted by atomic mass is 9.89. The number of anilines is 4. The second kappa shape index (κ2) is 7.64. The third-order valence-electron chi connectivity index (χ3n) is 7.04. The molecule has 6 nitrogen and oxygen atoms in total. The number of hydrogen-bond donors (Lipinski definition) is 5. The van der Waals surface area contributed by atoms with Crippen molar-refractivity contribution in [2.75, 3.05) is 41.4 Å². The number of likely N-dealkylation sites (tertiary alicyclic amines) is 1. The van der Waals surface area contributed by atoms with Crippen LogP contribution in [-0.4, -0.2) is 30.1 Å². The molecule has 0 aromatic heterocycles. The highest BCUT2D eigenvalue weighted by Gasteiger charge is 2.27. The van der Waals surface area contributed by atoms with Gasteiger partial charge in [0.15, 0.2) is 0 Å². The first-order valence-corrected chi connectivity index (χ1v) is 11.4. The molecule has 3 aliphatic heterocycles. The number of benzene rings is 3. The maximum atomic E-state index is 9.55. The second-order valence-corrected chi connectivity index (χ2v) is 9.22. The summed E-state index contributed by atoms with van der Waals surface area (Å²) in [5.74, 6) is 0.938. The van der Waals surface area contributed by atoms with Crippen molar-refractivity contribution in [1.29, 1.82) is 0 Å². The first-order valence-electron chi connectivity index (χ1n) is 11.4. The third kappa shape index (κ3) is 3.50. The number of phenols is 1. The second-order valence-electron chi connectivity index (χ2n) is 9.22. The number of nitrogens with one attached hydrogen (secondary N) is 4. The standard InChI is InChI=1S/C26H29N5O/c1-31-12-10-16(11-13-31)18-4-8-21-23(14-18)30-26(28-21)19-5-9-22-24(15-19)29-25(27-22)17-2-6-20(32)7-3-17/h2-9,14-16,25-30,32H,10-13H2,1H3. The van der Waals surface area contributed by atoms with Crippen LogP contribution in [0.15, 0.2) is 60.7 Å². The predicted molar refractivity (Wildman–Crippen MR) is 130 cm³/mol. The molecule has 5 N–H and O–H groups in total. The first kappa shape index (κ1) is 19.3. The van der Waals surface area contributed by atoms with Crippen molar-refractivity contribution in [2.24, 2.45) is 0 Å². The van der Waals surface area contributed by atoms with Gasteiger partial charge in [0.25, 0.3) is 0 Å². The molecule has 3 aromatic carbocycles. The highest BCUT2D eigenvalue weighted by molar-refractivity contribution is 5.79. The SMILES string of the molecule is CN1CCC(c2ccc3c(c2)NC(c2ccc4c(c2)NC(c2ccc(O)cc2)N4)N3)CC1. The van der Waals surface area contributed by atoms with Gasteiger partial charge < -0.3 is 31.3 Å². The molecule has 3 aromatic rings. The van der Waals surface area contributed by atoms with Gasteiger partial charge in [0.2, 0.25) is 0 Å². The molecule has 32 heavy (non-hydrogen) atoms. The lowest BCUT2D eigenvalue weighted by Crippen LogP contribution is -2.29. The van der Waals surface area contributed by atoms with Crippen LogP contribution in [0, 0.1) is 0 Å². The molecule has 0 bridgehead atoms. The van der Waals surface area contributed by atoms with Crippen molar-refractivity contribution < 1.29 is 5.11 Å². The summed E-state index contributed by atoms with van der Waals surface area (Å²) in [5, 5.41) is 23.9. The zero-order valence-electron chi connectivity index (χ0n) is 18.2. The zero-order chi connectivity index (χ0) is 21.7. The van der Waals surface area contributed by atoms with Crippen LogP contribution in [0.1, 0.15) is 47.8 Å². The van der Waals surface area contributed by atoms with Gasteiger partial charge in [-0.3, -0.25) is 0 Å². The number of aromatic hydroxyl groups is 1. The van der Waals surface area contributed by atoms with E-state index in [1.54, 1.807) is 12.1 Å². The smallest absolute Gasteiger partial charge is 0.123 e. The van der Waals surface area contributed by atoms with Crippen molar-refractivity contribution in [2.45, 2.75) is 31.1 Å². The topological polar surface area (TPSA) is 71.6 Å². The van der Waals surface area contributed by atoms with E-state index < -0.39 is 0 Å². The molecule has 6 heteroatoms. The maximum Gasteiger partial charge on any atom is 0.123 e. The van der Waals surface area contributed by atoms with Crippen LogP contribution in [0.3, 0.4) is 0 Å². The van der Waals surface area contributed by atoms with Crippen LogP contribution in [0.25, 0.3) is 0 Å². The molecule has 0 amide bonds. The van der Waals surface area contributed by atoms with Gasteiger partial charge in [0.05, 0.1) is 22.7 Å². The van der Waals surface area contributed by atoms with Gasteiger partial charge >= 0.3 is 0 Å². The van der Waals surface area contributed by atoms with Crippen LogP contribution in [0.2, 0.25) is 0 Å². The van der Waals surface area contributed by atoms with Gasteiger partial charge in [-0.25, -0.2) is 0 Å².